The summed E-state index contributed by atoms with van der Waals surface area (Å²) in [4.78, 5) is 0. The van der Waals surface area contributed by atoms with Crippen LogP contribution in [0.25, 0.3) is 49.5 Å². The Labute approximate surface area is 141 Å². The van der Waals surface area contributed by atoms with Gasteiger partial charge >= 0.3 is 0 Å². The number of hydrogen-bond acceptors (Lipinski definition) is 0. The van der Waals surface area contributed by atoms with Crippen LogP contribution in [0.2, 0.25) is 0 Å². The molecule has 0 bridgehead atoms. The first-order valence-electron chi connectivity index (χ1n) is 8.25. The first-order chi connectivity index (χ1) is 11.9. The highest BCUT2D eigenvalue weighted by Crippen LogP contribution is 2.39. The Kier molecular flexibility index (Phi) is 2.74. The zero-order chi connectivity index (χ0) is 16.1. The molecule has 0 N–H and O–H groups in total. The number of hydrogen-bond donors (Lipinski definition) is 0. The normalized spacial score (nSPS) is 11.5. The van der Waals surface area contributed by atoms with Gasteiger partial charge in [-0.15, -0.1) is 0 Å². The molecule has 0 fully saturated rings. The van der Waals surface area contributed by atoms with E-state index in [1.807, 2.05) is 6.08 Å². The molecule has 0 saturated carbocycles. The molecule has 0 radical (unpaired) electrons. The first kappa shape index (κ1) is 13.3. The molecule has 0 aliphatic rings. The van der Waals surface area contributed by atoms with Crippen LogP contribution in [0, 0.1) is 0 Å². The number of benzene rings is 5. The fraction of sp³-hybridized carbons (Fsp3) is 0. The molecule has 0 atom stereocenters. The van der Waals surface area contributed by atoms with Crippen molar-refractivity contribution in [2.45, 2.75) is 0 Å². The van der Waals surface area contributed by atoms with E-state index in [4.69, 9.17) is 0 Å². The summed E-state index contributed by atoms with van der Waals surface area (Å²) in [6, 6.07) is 28.4. The van der Waals surface area contributed by atoms with Gasteiger partial charge in [-0.25, -0.2) is 0 Å². The van der Waals surface area contributed by atoms with Gasteiger partial charge in [-0.2, -0.15) is 0 Å². The lowest BCUT2D eigenvalue weighted by Crippen LogP contribution is -1.88. The second-order valence-corrected chi connectivity index (χ2v) is 6.26. The molecule has 0 unspecified atom stereocenters. The molecule has 0 nitrogen and oxygen atoms in total. The third kappa shape index (κ3) is 1.74. The summed E-state index contributed by atoms with van der Waals surface area (Å²) in [5, 5.41) is 7.95. The average molecular weight is 304 g/mol. The Morgan fingerprint density at radius 3 is 2.00 bits per heavy atom. The van der Waals surface area contributed by atoms with Gasteiger partial charge in [0.05, 0.1) is 0 Å². The minimum absolute atomic E-state index is 1.17. The fourth-order valence-electron chi connectivity index (χ4n) is 3.89. The van der Waals surface area contributed by atoms with Gasteiger partial charge in [0.15, 0.2) is 0 Å². The molecule has 0 aliphatic carbocycles. The highest BCUT2D eigenvalue weighted by molar-refractivity contribution is 6.25. The predicted molar refractivity (Wildman–Crippen MR) is 106 cm³/mol. The lowest BCUT2D eigenvalue weighted by Gasteiger charge is -2.15. The van der Waals surface area contributed by atoms with Crippen LogP contribution in [-0.4, -0.2) is 0 Å². The summed E-state index contributed by atoms with van der Waals surface area (Å²) in [6.07, 6.45) is 1.94. The molecular formula is C24H16. The maximum absolute atomic E-state index is 3.98. The van der Waals surface area contributed by atoms with Crippen molar-refractivity contribution in [2.75, 3.05) is 0 Å². The van der Waals surface area contributed by atoms with Crippen LogP contribution in [0.3, 0.4) is 0 Å². The topological polar surface area (TPSA) is 0 Å². The highest BCUT2D eigenvalue weighted by Gasteiger charge is 2.12. The van der Waals surface area contributed by atoms with Crippen LogP contribution in [0.4, 0.5) is 0 Å². The SMILES string of the molecule is C=Cc1ccccc1-c1ccc2ccc3cccc4ccc1c2c34. The minimum Gasteiger partial charge on any atom is -0.0984 e. The van der Waals surface area contributed by atoms with Crippen molar-refractivity contribution in [3.8, 4) is 11.1 Å². The zero-order valence-electron chi connectivity index (χ0n) is 13.3. The van der Waals surface area contributed by atoms with E-state index in [0.29, 0.717) is 0 Å². The molecule has 0 aromatic heterocycles. The molecule has 0 heteroatoms. The van der Waals surface area contributed by atoms with E-state index < -0.39 is 0 Å². The van der Waals surface area contributed by atoms with Crippen molar-refractivity contribution in [2.24, 2.45) is 0 Å². The molecule has 0 heterocycles. The van der Waals surface area contributed by atoms with Gasteiger partial charge in [-0.1, -0.05) is 91.5 Å². The van der Waals surface area contributed by atoms with E-state index >= 15 is 0 Å². The minimum atomic E-state index is 1.17. The van der Waals surface area contributed by atoms with Gasteiger partial charge in [0.1, 0.15) is 0 Å². The van der Waals surface area contributed by atoms with Crippen molar-refractivity contribution < 1.29 is 0 Å². The Balaban J connectivity index is 1.99. The average Bonchev–Trinajstić information content (AvgIpc) is 2.66. The summed E-state index contributed by atoms with van der Waals surface area (Å²) in [6.45, 7) is 3.98. The van der Waals surface area contributed by atoms with Gasteiger partial charge in [-0.3, -0.25) is 0 Å². The van der Waals surface area contributed by atoms with Crippen LogP contribution >= 0.6 is 0 Å². The summed E-state index contributed by atoms with van der Waals surface area (Å²) in [5.41, 5.74) is 3.69. The van der Waals surface area contributed by atoms with Gasteiger partial charge < -0.3 is 0 Å². The monoisotopic (exact) mass is 304 g/mol. The van der Waals surface area contributed by atoms with Crippen LogP contribution in [0.15, 0.2) is 85.4 Å². The Morgan fingerprint density at radius 2 is 1.21 bits per heavy atom. The van der Waals surface area contributed by atoms with E-state index in [9.17, 15) is 0 Å². The van der Waals surface area contributed by atoms with Gasteiger partial charge in [0.2, 0.25) is 0 Å². The lowest BCUT2D eigenvalue weighted by molar-refractivity contribution is 1.63. The van der Waals surface area contributed by atoms with Crippen molar-refractivity contribution >= 4 is 38.4 Å². The van der Waals surface area contributed by atoms with Crippen LogP contribution in [-0.2, 0) is 0 Å². The smallest absolute Gasteiger partial charge is 0.00206 e. The molecule has 0 amide bonds. The molecule has 24 heavy (non-hydrogen) atoms. The molecule has 5 rings (SSSR count). The third-order valence-electron chi connectivity index (χ3n) is 5.00. The van der Waals surface area contributed by atoms with E-state index in [2.05, 4.69) is 85.4 Å². The van der Waals surface area contributed by atoms with E-state index in [0.717, 1.165) is 0 Å². The summed E-state index contributed by atoms with van der Waals surface area (Å²) in [5.74, 6) is 0. The third-order valence-corrected chi connectivity index (χ3v) is 5.00. The fourth-order valence-corrected chi connectivity index (χ4v) is 3.89. The quantitative estimate of drug-likeness (QED) is 0.311. The van der Waals surface area contributed by atoms with Crippen molar-refractivity contribution in [1.29, 1.82) is 0 Å². The van der Waals surface area contributed by atoms with Crippen LogP contribution in [0.1, 0.15) is 5.56 Å². The highest BCUT2D eigenvalue weighted by atomic mass is 14.2. The maximum Gasteiger partial charge on any atom is -0.00206 e. The van der Waals surface area contributed by atoms with E-state index in [-0.39, 0.29) is 0 Å². The van der Waals surface area contributed by atoms with Crippen molar-refractivity contribution in [3.63, 3.8) is 0 Å². The van der Waals surface area contributed by atoms with E-state index in [1.54, 1.807) is 0 Å². The van der Waals surface area contributed by atoms with Gasteiger partial charge in [-0.05, 0) is 49.0 Å². The van der Waals surface area contributed by atoms with Crippen LogP contribution < -0.4 is 0 Å². The molecule has 5 aromatic rings. The second-order valence-electron chi connectivity index (χ2n) is 6.26. The molecular weight excluding hydrogens is 288 g/mol. The first-order valence-corrected chi connectivity index (χ1v) is 8.25. The van der Waals surface area contributed by atoms with Crippen molar-refractivity contribution in [1.82, 2.24) is 0 Å². The molecule has 112 valence electrons. The van der Waals surface area contributed by atoms with Gasteiger partial charge in [0.25, 0.3) is 0 Å². The molecule has 0 aliphatic heterocycles. The Morgan fingerprint density at radius 1 is 0.542 bits per heavy atom. The molecule has 0 saturated heterocycles. The standard InChI is InChI=1S/C24H16/c1-2-16-6-3-4-9-20(16)21-14-12-19-11-10-17-7-5-8-18-13-15-22(21)24(19)23(17)18/h2-15H,1H2. The molecule has 0 spiro atoms. The van der Waals surface area contributed by atoms with Crippen LogP contribution in [0.5, 0.6) is 0 Å². The zero-order valence-corrected chi connectivity index (χ0v) is 13.3. The predicted octanol–water partition coefficient (Wildman–Crippen LogP) is 6.89. The summed E-state index contributed by atoms with van der Waals surface area (Å²) >= 11 is 0. The second kappa shape index (κ2) is 4.94. The van der Waals surface area contributed by atoms with Crippen molar-refractivity contribution in [3.05, 3.63) is 91.0 Å². The van der Waals surface area contributed by atoms with E-state index in [1.165, 1.54) is 49.0 Å². The lowest BCUT2D eigenvalue weighted by atomic mass is 9.88. The number of rotatable bonds is 2. The Bertz CT molecular complexity index is 1200. The summed E-state index contributed by atoms with van der Waals surface area (Å²) in [7, 11) is 0. The summed E-state index contributed by atoms with van der Waals surface area (Å²) < 4.78 is 0. The largest absolute Gasteiger partial charge is 0.0984 e. The molecule has 5 aromatic carbocycles. The maximum atomic E-state index is 3.98. The Hall–Kier alpha value is -3.12. The van der Waals surface area contributed by atoms with Gasteiger partial charge in [0, 0.05) is 0 Å².